The van der Waals surface area contributed by atoms with Crippen molar-refractivity contribution in [1.82, 2.24) is 14.8 Å². The molecule has 1 N–H and O–H groups in total. The SMILES string of the molecule is COc1ccc2cn(C(=O)NCC(c3ccsc3)N(C)C)cc2c1. The van der Waals surface area contributed by atoms with Gasteiger partial charge in [-0.05, 0) is 54.7 Å². The molecule has 1 atom stereocenters. The molecule has 2 aromatic heterocycles. The second-order valence-corrected chi connectivity index (χ2v) is 6.66. The van der Waals surface area contributed by atoms with E-state index in [4.69, 9.17) is 4.74 Å². The number of fused-ring (bicyclic) bond motifs is 1. The number of aromatic nitrogens is 1. The monoisotopic (exact) mass is 343 g/mol. The van der Waals surface area contributed by atoms with Crippen molar-refractivity contribution in [1.29, 1.82) is 0 Å². The Bertz CT molecular complexity index is 824. The van der Waals surface area contributed by atoms with Gasteiger partial charge in [-0.15, -0.1) is 0 Å². The summed E-state index contributed by atoms with van der Waals surface area (Å²) >= 11 is 1.67. The van der Waals surface area contributed by atoms with Crippen LogP contribution in [0.5, 0.6) is 5.75 Å². The number of likely N-dealkylation sites (N-methyl/N-ethyl adjacent to an activating group) is 1. The minimum Gasteiger partial charge on any atom is -0.497 e. The molecule has 0 saturated carbocycles. The van der Waals surface area contributed by atoms with Crippen molar-refractivity contribution in [2.24, 2.45) is 0 Å². The summed E-state index contributed by atoms with van der Waals surface area (Å²) in [7, 11) is 5.67. The van der Waals surface area contributed by atoms with Gasteiger partial charge in [0.25, 0.3) is 0 Å². The van der Waals surface area contributed by atoms with Crippen molar-refractivity contribution >= 4 is 28.1 Å². The number of hydrogen-bond acceptors (Lipinski definition) is 4. The second kappa shape index (κ2) is 7.07. The minimum absolute atomic E-state index is 0.132. The van der Waals surface area contributed by atoms with Crippen molar-refractivity contribution in [2.75, 3.05) is 27.7 Å². The van der Waals surface area contributed by atoms with Crippen LogP contribution in [0.15, 0.2) is 47.4 Å². The highest BCUT2D eigenvalue weighted by atomic mass is 32.1. The lowest BCUT2D eigenvalue weighted by atomic mass is 10.1. The Morgan fingerprint density at radius 1 is 1.29 bits per heavy atom. The number of carbonyl (C=O) groups is 1. The first-order chi connectivity index (χ1) is 11.6. The highest BCUT2D eigenvalue weighted by Crippen LogP contribution is 2.22. The topological polar surface area (TPSA) is 46.5 Å². The Labute approximate surface area is 145 Å². The molecule has 1 amide bonds. The molecule has 0 bridgehead atoms. The molecule has 1 unspecified atom stereocenters. The summed E-state index contributed by atoms with van der Waals surface area (Å²) in [6, 6.07) is 7.89. The quantitative estimate of drug-likeness (QED) is 0.770. The lowest BCUT2D eigenvalue weighted by Gasteiger charge is -2.24. The number of amides is 1. The van der Waals surface area contributed by atoms with Crippen molar-refractivity contribution in [3.63, 3.8) is 0 Å². The van der Waals surface area contributed by atoms with Crippen LogP contribution in [0.1, 0.15) is 11.6 Å². The molecular formula is C18H21N3O2S. The number of thiophene rings is 1. The number of nitrogens with one attached hydrogen (secondary N) is 1. The van der Waals surface area contributed by atoms with Gasteiger partial charge in [-0.2, -0.15) is 11.3 Å². The number of ether oxygens (including phenoxy) is 1. The Morgan fingerprint density at radius 3 is 2.75 bits per heavy atom. The molecule has 3 aromatic rings. The molecule has 0 saturated heterocycles. The van der Waals surface area contributed by atoms with Crippen LogP contribution < -0.4 is 10.1 Å². The van der Waals surface area contributed by atoms with Crippen LogP contribution in [0.3, 0.4) is 0 Å². The van der Waals surface area contributed by atoms with E-state index in [1.807, 2.05) is 44.7 Å². The number of hydrogen-bond donors (Lipinski definition) is 1. The van der Waals surface area contributed by atoms with Gasteiger partial charge in [-0.3, -0.25) is 4.57 Å². The second-order valence-electron chi connectivity index (χ2n) is 5.88. The number of rotatable bonds is 5. The summed E-state index contributed by atoms with van der Waals surface area (Å²) < 4.78 is 6.81. The smallest absolute Gasteiger partial charge is 0.325 e. The fourth-order valence-electron chi connectivity index (χ4n) is 2.70. The van der Waals surface area contributed by atoms with Crippen molar-refractivity contribution < 1.29 is 9.53 Å². The van der Waals surface area contributed by atoms with E-state index in [0.29, 0.717) is 6.54 Å². The molecule has 0 aliphatic carbocycles. The normalized spacial score (nSPS) is 12.5. The molecule has 6 heteroatoms. The third-order valence-corrected chi connectivity index (χ3v) is 4.78. The molecule has 0 fully saturated rings. The summed E-state index contributed by atoms with van der Waals surface area (Å²) in [5, 5.41) is 9.17. The van der Waals surface area contributed by atoms with Crippen LogP contribution in [0.4, 0.5) is 4.79 Å². The summed E-state index contributed by atoms with van der Waals surface area (Å²) in [5.74, 6) is 0.783. The van der Waals surface area contributed by atoms with Crippen molar-refractivity contribution in [3.05, 3.63) is 53.0 Å². The van der Waals surface area contributed by atoms with Crippen LogP contribution in [0.2, 0.25) is 0 Å². The Kier molecular flexibility index (Phi) is 4.87. The van der Waals surface area contributed by atoms with Gasteiger partial charge in [0.15, 0.2) is 0 Å². The molecule has 126 valence electrons. The average molecular weight is 343 g/mol. The standard InChI is InChI=1S/C18H21N3O2S/c1-20(2)17(14-6-7-24-12-14)9-19-18(22)21-10-13-4-5-16(23-3)8-15(13)11-21/h4-8,10-12,17H,9H2,1-3H3,(H,19,22). The van der Waals surface area contributed by atoms with Crippen LogP contribution >= 0.6 is 11.3 Å². The van der Waals surface area contributed by atoms with Gasteiger partial charge in [0.05, 0.1) is 13.2 Å². The molecule has 0 aliphatic heterocycles. The number of benzene rings is 1. The lowest BCUT2D eigenvalue weighted by Crippen LogP contribution is -2.36. The maximum Gasteiger partial charge on any atom is 0.325 e. The molecule has 1 aromatic carbocycles. The fraction of sp³-hybridized carbons (Fsp3) is 0.278. The zero-order valence-electron chi connectivity index (χ0n) is 14.0. The van der Waals surface area contributed by atoms with Gasteiger partial charge < -0.3 is 15.0 Å². The molecule has 5 nitrogen and oxygen atoms in total. The highest BCUT2D eigenvalue weighted by Gasteiger charge is 2.16. The van der Waals surface area contributed by atoms with E-state index in [2.05, 4.69) is 27.0 Å². The van der Waals surface area contributed by atoms with E-state index in [1.54, 1.807) is 23.0 Å². The summed E-state index contributed by atoms with van der Waals surface area (Å²) in [4.78, 5) is 14.6. The third-order valence-electron chi connectivity index (χ3n) is 4.08. The van der Waals surface area contributed by atoms with E-state index in [9.17, 15) is 4.79 Å². The van der Waals surface area contributed by atoms with Crippen molar-refractivity contribution in [2.45, 2.75) is 6.04 Å². The van der Waals surface area contributed by atoms with E-state index in [0.717, 1.165) is 16.5 Å². The van der Waals surface area contributed by atoms with E-state index in [-0.39, 0.29) is 12.1 Å². The van der Waals surface area contributed by atoms with Gasteiger partial charge >= 0.3 is 6.03 Å². The van der Waals surface area contributed by atoms with Crippen molar-refractivity contribution in [3.8, 4) is 5.75 Å². The molecule has 0 aliphatic rings. The molecule has 2 heterocycles. The maximum absolute atomic E-state index is 12.5. The zero-order valence-corrected chi connectivity index (χ0v) is 14.8. The molecule has 24 heavy (non-hydrogen) atoms. The summed E-state index contributed by atoms with van der Waals surface area (Å²) in [5.41, 5.74) is 1.22. The Hall–Kier alpha value is -2.31. The van der Waals surface area contributed by atoms with E-state index < -0.39 is 0 Å². The fourth-order valence-corrected chi connectivity index (χ4v) is 3.41. The molecule has 0 spiro atoms. The van der Waals surface area contributed by atoms with Crippen LogP contribution in [0, 0.1) is 0 Å². The predicted molar refractivity (Wildman–Crippen MR) is 98.0 cm³/mol. The van der Waals surface area contributed by atoms with E-state index >= 15 is 0 Å². The predicted octanol–water partition coefficient (Wildman–Crippen LogP) is 3.57. The largest absolute Gasteiger partial charge is 0.497 e. The molecular weight excluding hydrogens is 322 g/mol. The summed E-state index contributed by atoms with van der Waals surface area (Å²) in [6.07, 6.45) is 3.65. The number of carbonyl (C=O) groups excluding carboxylic acids is 1. The first-order valence-corrected chi connectivity index (χ1v) is 8.65. The van der Waals surface area contributed by atoms with Gasteiger partial charge in [0.2, 0.25) is 0 Å². The lowest BCUT2D eigenvalue weighted by molar-refractivity contribution is 0.234. The molecule has 3 rings (SSSR count). The van der Waals surface area contributed by atoms with Crippen LogP contribution in [0.25, 0.3) is 10.8 Å². The zero-order chi connectivity index (χ0) is 17.1. The first-order valence-electron chi connectivity index (χ1n) is 7.71. The average Bonchev–Trinajstić information content (AvgIpc) is 3.23. The summed E-state index contributed by atoms with van der Waals surface area (Å²) in [6.45, 7) is 0.556. The Morgan fingerprint density at radius 2 is 2.08 bits per heavy atom. The maximum atomic E-state index is 12.5. The van der Waals surface area contributed by atoms with Gasteiger partial charge in [-0.1, -0.05) is 0 Å². The Balaban J connectivity index is 1.72. The van der Waals surface area contributed by atoms with Crippen LogP contribution in [-0.4, -0.2) is 43.2 Å². The van der Waals surface area contributed by atoms with Gasteiger partial charge in [0.1, 0.15) is 5.75 Å². The molecule has 0 radical (unpaired) electrons. The minimum atomic E-state index is -0.132. The third kappa shape index (κ3) is 3.44. The van der Waals surface area contributed by atoms with Gasteiger partial charge in [-0.25, -0.2) is 4.79 Å². The highest BCUT2D eigenvalue weighted by molar-refractivity contribution is 7.07. The number of methoxy groups -OCH3 is 1. The van der Waals surface area contributed by atoms with Gasteiger partial charge in [0, 0.05) is 29.7 Å². The first kappa shape index (κ1) is 16.5. The van der Waals surface area contributed by atoms with Crippen LogP contribution in [-0.2, 0) is 0 Å². The van der Waals surface area contributed by atoms with E-state index in [1.165, 1.54) is 5.56 Å². The number of nitrogens with zero attached hydrogens (tertiary/aromatic N) is 2.